The number of nitrogens with zero attached hydrogens (tertiary/aromatic N) is 4. The molecule has 0 radical (unpaired) electrons. The van der Waals surface area contributed by atoms with Crippen LogP contribution in [0, 0.1) is 0 Å². The summed E-state index contributed by atoms with van der Waals surface area (Å²) in [5.74, 6) is 0.0765. The van der Waals surface area contributed by atoms with Gasteiger partial charge in [-0.15, -0.1) is 12.4 Å². The molecule has 1 aromatic heterocycles. The van der Waals surface area contributed by atoms with Gasteiger partial charge in [0, 0.05) is 7.05 Å². The number of hydrogen-bond donors (Lipinski definition) is 0. The molecule has 2 rings (SSSR count). The fourth-order valence-corrected chi connectivity index (χ4v) is 1.42. The minimum Gasteiger partial charge on any atom is -0.491 e. The SMILES string of the molecule is CC(C)Oc1cccc(C(=O)Oc2nnnn2C)c1.Cl. The molecule has 8 heteroatoms. The Morgan fingerprint density at radius 1 is 1.35 bits per heavy atom. The molecule has 0 aliphatic carbocycles. The normalized spacial score (nSPS) is 10.0. The molecule has 108 valence electrons. The largest absolute Gasteiger partial charge is 0.491 e. The van der Waals surface area contributed by atoms with Gasteiger partial charge in [-0.3, -0.25) is 0 Å². The van der Waals surface area contributed by atoms with Gasteiger partial charge in [-0.2, -0.15) is 4.68 Å². The van der Waals surface area contributed by atoms with Gasteiger partial charge in [0.15, 0.2) is 0 Å². The summed E-state index contributed by atoms with van der Waals surface area (Å²) in [4.78, 5) is 11.9. The first-order valence-electron chi connectivity index (χ1n) is 5.77. The first-order valence-corrected chi connectivity index (χ1v) is 5.77. The fourth-order valence-electron chi connectivity index (χ4n) is 1.42. The number of carbonyl (C=O) groups is 1. The van der Waals surface area contributed by atoms with Crippen molar-refractivity contribution in [3.8, 4) is 11.8 Å². The number of hydrogen-bond acceptors (Lipinski definition) is 6. The molecule has 0 aliphatic rings. The number of carbonyl (C=O) groups excluding carboxylic acids is 1. The maximum absolute atomic E-state index is 11.9. The van der Waals surface area contributed by atoms with Gasteiger partial charge in [0.25, 0.3) is 0 Å². The van der Waals surface area contributed by atoms with Crippen molar-refractivity contribution in [3.63, 3.8) is 0 Å². The molecule has 0 atom stereocenters. The monoisotopic (exact) mass is 298 g/mol. The van der Waals surface area contributed by atoms with Crippen LogP contribution < -0.4 is 9.47 Å². The Bertz CT molecular complexity index is 586. The highest BCUT2D eigenvalue weighted by molar-refractivity contribution is 5.91. The van der Waals surface area contributed by atoms with Crippen LogP contribution in [0.2, 0.25) is 0 Å². The van der Waals surface area contributed by atoms with Gasteiger partial charge < -0.3 is 9.47 Å². The zero-order valence-electron chi connectivity index (χ0n) is 11.3. The van der Waals surface area contributed by atoms with Crippen molar-refractivity contribution in [2.75, 3.05) is 0 Å². The van der Waals surface area contributed by atoms with E-state index < -0.39 is 5.97 Å². The molecule has 0 saturated carbocycles. The van der Waals surface area contributed by atoms with Crippen LogP contribution in [0.25, 0.3) is 0 Å². The zero-order valence-corrected chi connectivity index (χ0v) is 12.1. The highest BCUT2D eigenvalue weighted by Crippen LogP contribution is 2.16. The number of aryl methyl sites for hydroxylation is 1. The highest BCUT2D eigenvalue weighted by Gasteiger charge is 2.13. The third kappa shape index (κ3) is 3.92. The van der Waals surface area contributed by atoms with E-state index >= 15 is 0 Å². The van der Waals surface area contributed by atoms with Crippen LogP contribution in [0.3, 0.4) is 0 Å². The molecule has 20 heavy (non-hydrogen) atoms. The number of esters is 1. The Morgan fingerprint density at radius 3 is 2.70 bits per heavy atom. The van der Waals surface area contributed by atoms with E-state index in [0.717, 1.165) is 0 Å². The summed E-state index contributed by atoms with van der Waals surface area (Å²) in [7, 11) is 1.58. The Labute approximate surface area is 122 Å². The summed E-state index contributed by atoms with van der Waals surface area (Å²) in [5.41, 5.74) is 0.376. The Hall–Kier alpha value is -2.15. The third-order valence-corrected chi connectivity index (χ3v) is 2.21. The number of rotatable bonds is 4. The Kier molecular flexibility index (Phi) is 5.45. The quantitative estimate of drug-likeness (QED) is 0.798. The van der Waals surface area contributed by atoms with Crippen molar-refractivity contribution in [1.82, 2.24) is 20.2 Å². The maximum atomic E-state index is 11.9. The average molecular weight is 299 g/mol. The van der Waals surface area contributed by atoms with Crippen molar-refractivity contribution < 1.29 is 14.3 Å². The molecule has 0 unspecified atom stereocenters. The molecule has 0 spiro atoms. The number of aromatic nitrogens is 4. The first-order chi connectivity index (χ1) is 9.06. The topological polar surface area (TPSA) is 79.1 Å². The smallest absolute Gasteiger partial charge is 0.346 e. The second-order valence-corrected chi connectivity index (χ2v) is 4.17. The lowest BCUT2D eigenvalue weighted by molar-refractivity contribution is 0.0711. The summed E-state index contributed by atoms with van der Waals surface area (Å²) >= 11 is 0. The van der Waals surface area contributed by atoms with Crippen LogP contribution in [0.4, 0.5) is 0 Å². The van der Waals surface area contributed by atoms with Gasteiger partial charge in [0.05, 0.1) is 11.7 Å². The molecule has 2 aromatic rings. The van der Waals surface area contributed by atoms with E-state index in [9.17, 15) is 4.79 Å². The molecule has 0 aliphatic heterocycles. The lowest BCUT2D eigenvalue weighted by Crippen LogP contribution is -2.12. The summed E-state index contributed by atoms with van der Waals surface area (Å²) in [6, 6.07) is 6.80. The summed E-state index contributed by atoms with van der Waals surface area (Å²) < 4.78 is 11.8. The molecule has 0 fully saturated rings. The first kappa shape index (κ1) is 15.9. The molecule has 7 nitrogen and oxygen atoms in total. The molecule has 0 amide bonds. The highest BCUT2D eigenvalue weighted by atomic mass is 35.5. The molecule has 1 heterocycles. The van der Waals surface area contributed by atoms with Gasteiger partial charge in [-0.25, -0.2) is 4.79 Å². The van der Waals surface area contributed by atoms with Crippen molar-refractivity contribution in [3.05, 3.63) is 29.8 Å². The lowest BCUT2D eigenvalue weighted by Gasteiger charge is -2.10. The molecular formula is C12H15ClN4O3. The van der Waals surface area contributed by atoms with Crippen LogP contribution in [0.15, 0.2) is 24.3 Å². The van der Waals surface area contributed by atoms with E-state index in [-0.39, 0.29) is 24.5 Å². The van der Waals surface area contributed by atoms with Crippen LogP contribution in [0.5, 0.6) is 11.8 Å². The average Bonchev–Trinajstić information content (AvgIpc) is 2.74. The number of ether oxygens (including phenoxy) is 2. The Morgan fingerprint density at radius 2 is 2.10 bits per heavy atom. The zero-order chi connectivity index (χ0) is 13.8. The minimum absolute atomic E-state index is 0. The number of halogens is 1. The maximum Gasteiger partial charge on any atom is 0.346 e. The van der Waals surface area contributed by atoms with Crippen LogP contribution in [-0.4, -0.2) is 32.3 Å². The van der Waals surface area contributed by atoms with Gasteiger partial charge in [-0.1, -0.05) is 11.2 Å². The molecule has 1 aromatic carbocycles. The van der Waals surface area contributed by atoms with E-state index in [1.807, 2.05) is 13.8 Å². The summed E-state index contributed by atoms with van der Waals surface area (Å²) in [6.07, 6.45) is 0.0363. The number of benzene rings is 1. The summed E-state index contributed by atoms with van der Waals surface area (Å²) in [5, 5.41) is 10.5. The van der Waals surface area contributed by atoms with Crippen LogP contribution >= 0.6 is 12.4 Å². The third-order valence-electron chi connectivity index (χ3n) is 2.21. The van der Waals surface area contributed by atoms with Crippen molar-refractivity contribution >= 4 is 18.4 Å². The van der Waals surface area contributed by atoms with Gasteiger partial charge in [0.1, 0.15) is 5.75 Å². The molecular weight excluding hydrogens is 284 g/mol. The van der Waals surface area contributed by atoms with E-state index in [1.165, 1.54) is 4.68 Å². The Balaban J connectivity index is 0.00000200. The van der Waals surface area contributed by atoms with E-state index in [4.69, 9.17) is 9.47 Å². The minimum atomic E-state index is -0.535. The van der Waals surface area contributed by atoms with E-state index in [2.05, 4.69) is 15.5 Å². The van der Waals surface area contributed by atoms with Gasteiger partial charge >= 0.3 is 12.0 Å². The molecule has 0 N–H and O–H groups in total. The predicted molar refractivity (Wildman–Crippen MR) is 73.2 cm³/mol. The lowest BCUT2D eigenvalue weighted by atomic mass is 10.2. The van der Waals surface area contributed by atoms with E-state index in [0.29, 0.717) is 11.3 Å². The van der Waals surface area contributed by atoms with Crippen molar-refractivity contribution in [2.24, 2.45) is 7.05 Å². The summed E-state index contributed by atoms with van der Waals surface area (Å²) in [6.45, 7) is 3.83. The van der Waals surface area contributed by atoms with Crippen molar-refractivity contribution in [2.45, 2.75) is 20.0 Å². The second kappa shape index (κ2) is 6.85. The standard InChI is InChI=1S/C12H14N4O3.ClH/c1-8(2)18-10-6-4-5-9(7-10)11(17)19-12-13-14-15-16(12)3;/h4-8H,1-3H3;1H. The van der Waals surface area contributed by atoms with Gasteiger partial charge in [-0.05, 0) is 42.5 Å². The van der Waals surface area contributed by atoms with Crippen LogP contribution in [0.1, 0.15) is 24.2 Å². The molecule has 0 saturated heterocycles. The second-order valence-electron chi connectivity index (χ2n) is 4.17. The predicted octanol–water partition coefficient (Wildman–Crippen LogP) is 1.64. The van der Waals surface area contributed by atoms with Crippen LogP contribution in [-0.2, 0) is 7.05 Å². The van der Waals surface area contributed by atoms with E-state index in [1.54, 1.807) is 31.3 Å². The number of tetrazole rings is 1. The van der Waals surface area contributed by atoms with Crippen molar-refractivity contribution in [1.29, 1.82) is 0 Å². The fraction of sp³-hybridized carbons (Fsp3) is 0.333. The van der Waals surface area contributed by atoms with Gasteiger partial charge in [0.2, 0.25) is 0 Å². The molecule has 0 bridgehead atoms.